The number of pyridine rings is 1. The van der Waals surface area contributed by atoms with Gasteiger partial charge in [-0.3, -0.25) is 4.98 Å². The van der Waals surface area contributed by atoms with Gasteiger partial charge in [0.15, 0.2) is 0 Å². The maximum absolute atomic E-state index is 4.33. The van der Waals surface area contributed by atoms with Gasteiger partial charge in [-0.2, -0.15) is 0 Å². The van der Waals surface area contributed by atoms with Gasteiger partial charge in [-0.25, -0.2) is 0 Å². The SMILES string of the molecule is CCNCc1ccncc1N1CCCC(CC)CC1. The zero-order valence-corrected chi connectivity index (χ0v) is 12.4. The standard InChI is InChI=1S/C16H27N3/c1-3-14-6-5-10-19(11-8-14)16-13-18-9-7-15(16)12-17-4-2/h7,9,13-14,17H,3-6,8,10-12H2,1-2H3. The van der Waals surface area contributed by atoms with E-state index in [9.17, 15) is 0 Å². The number of rotatable bonds is 5. The Hall–Kier alpha value is -1.09. The van der Waals surface area contributed by atoms with E-state index in [2.05, 4.69) is 35.1 Å². The summed E-state index contributed by atoms with van der Waals surface area (Å²) in [6.07, 6.45) is 9.29. The third-order valence-corrected chi connectivity index (χ3v) is 4.22. The third-order valence-electron chi connectivity index (χ3n) is 4.22. The van der Waals surface area contributed by atoms with Crippen LogP contribution in [0, 0.1) is 5.92 Å². The summed E-state index contributed by atoms with van der Waals surface area (Å²) in [5.41, 5.74) is 2.71. The Morgan fingerprint density at radius 1 is 1.32 bits per heavy atom. The second-order valence-corrected chi connectivity index (χ2v) is 5.48. The highest BCUT2D eigenvalue weighted by atomic mass is 15.1. The summed E-state index contributed by atoms with van der Waals surface area (Å²) in [7, 11) is 0. The van der Waals surface area contributed by atoms with Crippen molar-refractivity contribution >= 4 is 5.69 Å². The molecule has 1 aromatic rings. The lowest BCUT2D eigenvalue weighted by Gasteiger charge is -2.25. The van der Waals surface area contributed by atoms with Gasteiger partial charge in [-0.15, -0.1) is 0 Å². The number of aromatic nitrogens is 1. The Labute approximate surface area is 117 Å². The van der Waals surface area contributed by atoms with Crippen molar-refractivity contribution in [3.63, 3.8) is 0 Å². The zero-order chi connectivity index (χ0) is 13.5. The summed E-state index contributed by atoms with van der Waals surface area (Å²) in [5, 5.41) is 3.43. The molecule has 1 aliphatic rings. The predicted octanol–water partition coefficient (Wildman–Crippen LogP) is 3.21. The Balaban J connectivity index is 2.07. The van der Waals surface area contributed by atoms with Crippen molar-refractivity contribution in [1.29, 1.82) is 0 Å². The van der Waals surface area contributed by atoms with Crippen molar-refractivity contribution < 1.29 is 0 Å². The molecular weight excluding hydrogens is 234 g/mol. The number of nitrogens with zero attached hydrogens (tertiary/aromatic N) is 2. The van der Waals surface area contributed by atoms with E-state index < -0.39 is 0 Å². The van der Waals surface area contributed by atoms with Crippen LogP contribution in [0.2, 0.25) is 0 Å². The normalized spacial score (nSPS) is 20.3. The Kier molecular flexibility index (Phi) is 5.64. The summed E-state index contributed by atoms with van der Waals surface area (Å²) < 4.78 is 0. The topological polar surface area (TPSA) is 28.2 Å². The Morgan fingerprint density at radius 3 is 3.00 bits per heavy atom. The summed E-state index contributed by atoms with van der Waals surface area (Å²) >= 11 is 0. The van der Waals surface area contributed by atoms with Gasteiger partial charge < -0.3 is 10.2 Å². The number of anilines is 1. The summed E-state index contributed by atoms with van der Waals surface area (Å²) in [4.78, 5) is 6.87. The van der Waals surface area contributed by atoms with Crippen LogP contribution >= 0.6 is 0 Å². The smallest absolute Gasteiger partial charge is 0.0598 e. The average Bonchev–Trinajstić information content (AvgIpc) is 2.70. The molecular formula is C16H27N3. The summed E-state index contributed by atoms with van der Waals surface area (Å²) in [6.45, 7) is 8.80. The second kappa shape index (κ2) is 7.49. The zero-order valence-electron chi connectivity index (χ0n) is 12.4. The van der Waals surface area contributed by atoms with Gasteiger partial charge in [0.1, 0.15) is 0 Å². The van der Waals surface area contributed by atoms with Crippen LogP contribution < -0.4 is 10.2 Å². The lowest BCUT2D eigenvalue weighted by Crippen LogP contribution is -2.26. The third kappa shape index (κ3) is 3.93. The fourth-order valence-corrected chi connectivity index (χ4v) is 2.92. The molecule has 1 saturated heterocycles. The summed E-state index contributed by atoms with van der Waals surface area (Å²) in [5.74, 6) is 0.916. The van der Waals surface area contributed by atoms with E-state index in [1.165, 1.54) is 50.0 Å². The molecule has 1 unspecified atom stereocenters. The van der Waals surface area contributed by atoms with Gasteiger partial charge in [-0.05, 0) is 43.4 Å². The van der Waals surface area contributed by atoms with Crippen LogP contribution in [0.15, 0.2) is 18.5 Å². The van der Waals surface area contributed by atoms with E-state index in [0.717, 1.165) is 19.0 Å². The minimum atomic E-state index is 0.916. The fourth-order valence-electron chi connectivity index (χ4n) is 2.92. The molecule has 0 radical (unpaired) electrons. The van der Waals surface area contributed by atoms with Gasteiger partial charge in [0.05, 0.1) is 11.9 Å². The highest BCUT2D eigenvalue weighted by Gasteiger charge is 2.17. The molecule has 1 aliphatic heterocycles. The molecule has 1 aromatic heterocycles. The van der Waals surface area contributed by atoms with Crippen LogP contribution in [0.3, 0.4) is 0 Å². The largest absolute Gasteiger partial charge is 0.370 e. The van der Waals surface area contributed by atoms with E-state index in [0.29, 0.717) is 0 Å². The lowest BCUT2D eigenvalue weighted by molar-refractivity contribution is 0.459. The van der Waals surface area contributed by atoms with E-state index in [-0.39, 0.29) is 0 Å². The van der Waals surface area contributed by atoms with Gasteiger partial charge >= 0.3 is 0 Å². The molecule has 2 rings (SSSR count). The van der Waals surface area contributed by atoms with Crippen LogP contribution in [0.1, 0.15) is 45.1 Å². The van der Waals surface area contributed by atoms with Gasteiger partial charge in [-0.1, -0.05) is 20.3 Å². The van der Waals surface area contributed by atoms with Crippen molar-refractivity contribution in [2.24, 2.45) is 5.92 Å². The van der Waals surface area contributed by atoms with E-state index in [1.54, 1.807) is 0 Å². The molecule has 0 bridgehead atoms. The Bertz CT molecular complexity index is 378. The van der Waals surface area contributed by atoms with E-state index in [1.807, 2.05) is 12.4 Å². The van der Waals surface area contributed by atoms with E-state index in [4.69, 9.17) is 0 Å². The molecule has 1 atom stereocenters. The van der Waals surface area contributed by atoms with Crippen LogP contribution in [-0.4, -0.2) is 24.6 Å². The first-order valence-corrected chi connectivity index (χ1v) is 7.73. The number of hydrogen-bond donors (Lipinski definition) is 1. The highest BCUT2D eigenvalue weighted by molar-refractivity contribution is 5.51. The first-order valence-electron chi connectivity index (χ1n) is 7.73. The van der Waals surface area contributed by atoms with Crippen LogP contribution in [0.25, 0.3) is 0 Å². The molecule has 3 nitrogen and oxygen atoms in total. The van der Waals surface area contributed by atoms with Crippen molar-refractivity contribution in [3.05, 3.63) is 24.0 Å². The molecule has 0 aliphatic carbocycles. The highest BCUT2D eigenvalue weighted by Crippen LogP contribution is 2.26. The molecule has 0 spiro atoms. The average molecular weight is 261 g/mol. The Morgan fingerprint density at radius 2 is 2.21 bits per heavy atom. The molecule has 1 N–H and O–H groups in total. The quantitative estimate of drug-likeness (QED) is 0.882. The number of nitrogens with one attached hydrogen (secondary N) is 1. The first-order chi connectivity index (χ1) is 9.35. The van der Waals surface area contributed by atoms with Gasteiger partial charge in [0.25, 0.3) is 0 Å². The molecule has 106 valence electrons. The molecule has 0 amide bonds. The second-order valence-electron chi connectivity index (χ2n) is 5.48. The van der Waals surface area contributed by atoms with Crippen molar-refractivity contribution in [1.82, 2.24) is 10.3 Å². The molecule has 2 heterocycles. The van der Waals surface area contributed by atoms with E-state index >= 15 is 0 Å². The minimum Gasteiger partial charge on any atom is -0.370 e. The predicted molar refractivity (Wildman–Crippen MR) is 81.5 cm³/mol. The van der Waals surface area contributed by atoms with Crippen LogP contribution in [0.5, 0.6) is 0 Å². The molecule has 0 saturated carbocycles. The van der Waals surface area contributed by atoms with Gasteiger partial charge in [0.2, 0.25) is 0 Å². The minimum absolute atomic E-state index is 0.916. The van der Waals surface area contributed by atoms with Crippen molar-refractivity contribution in [2.45, 2.75) is 46.1 Å². The summed E-state index contributed by atoms with van der Waals surface area (Å²) in [6, 6.07) is 2.15. The maximum atomic E-state index is 4.33. The molecule has 19 heavy (non-hydrogen) atoms. The lowest BCUT2D eigenvalue weighted by atomic mass is 9.98. The maximum Gasteiger partial charge on any atom is 0.0598 e. The fraction of sp³-hybridized carbons (Fsp3) is 0.688. The van der Waals surface area contributed by atoms with Crippen molar-refractivity contribution in [2.75, 3.05) is 24.5 Å². The molecule has 3 heteroatoms. The molecule has 0 aromatic carbocycles. The van der Waals surface area contributed by atoms with Crippen molar-refractivity contribution in [3.8, 4) is 0 Å². The monoisotopic (exact) mass is 261 g/mol. The van der Waals surface area contributed by atoms with Crippen LogP contribution in [-0.2, 0) is 6.54 Å². The molecule has 1 fully saturated rings. The first kappa shape index (κ1) is 14.3. The number of hydrogen-bond acceptors (Lipinski definition) is 3. The van der Waals surface area contributed by atoms with Gasteiger partial charge in [0, 0.05) is 25.8 Å². The van der Waals surface area contributed by atoms with Crippen LogP contribution in [0.4, 0.5) is 5.69 Å².